The molecule has 40 heavy (non-hydrogen) atoms. The van der Waals surface area contributed by atoms with E-state index in [1.165, 1.54) is 9.21 Å². The first-order valence-electron chi connectivity index (χ1n) is 12.4. The maximum atomic E-state index is 13.0. The number of likely N-dealkylation sites (N-methyl/N-ethyl adjacent to an activating group) is 1. The lowest BCUT2D eigenvalue weighted by molar-refractivity contribution is -0.274. The molecule has 2 N–H and O–H groups in total. The number of H-pyrrole nitrogens is 1. The van der Waals surface area contributed by atoms with Crippen LogP contribution in [0.15, 0.2) is 71.6 Å². The second kappa shape index (κ2) is 10.7. The number of fused-ring (bicyclic) bond motifs is 1. The predicted molar refractivity (Wildman–Crippen MR) is 137 cm³/mol. The Balaban J connectivity index is 1.14. The van der Waals surface area contributed by atoms with Gasteiger partial charge in [0.15, 0.2) is 0 Å². The summed E-state index contributed by atoms with van der Waals surface area (Å²) in [5, 5.41) is 1.10. The molecule has 1 spiro atoms. The summed E-state index contributed by atoms with van der Waals surface area (Å²) in [5.74, 6) is -0.384. The van der Waals surface area contributed by atoms with Crippen LogP contribution in [0.4, 0.5) is 18.0 Å². The molecular weight excluding hydrogens is 553 g/mol. The van der Waals surface area contributed by atoms with Crippen molar-refractivity contribution >= 4 is 27.0 Å². The molecule has 0 atom stereocenters. The van der Waals surface area contributed by atoms with E-state index < -0.39 is 33.8 Å². The van der Waals surface area contributed by atoms with E-state index in [0.29, 0.717) is 13.0 Å². The number of hydrogen-bond donors (Lipinski definition) is 2. The zero-order valence-electron chi connectivity index (χ0n) is 21.4. The van der Waals surface area contributed by atoms with Gasteiger partial charge in [0.05, 0.1) is 4.90 Å². The maximum absolute atomic E-state index is 13.0. The smallest absolute Gasteiger partial charge is 0.406 e. The lowest BCUT2D eigenvalue weighted by Gasteiger charge is -2.35. The number of hydrogen-bond acceptors (Lipinski definition) is 7. The molecule has 0 unspecified atom stereocenters. The second-order valence-corrected chi connectivity index (χ2v) is 11.5. The summed E-state index contributed by atoms with van der Waals surface area (Å²) >= 11 is 0. The fourth-order valence-electron chi connectivity index (χ4n) is 4.70. The molecule has 3 aromatic rings. The fourth-order valence-corrected chi connectivity index (χ4v) is 6.15. The number of aromatic amines is 1. The van der Waals surface area contributed by atoms with Gasteiger partial charge in [-0.25, -0.2) is 18.7 Å². The Morgan fingerprint density at radius 2 is 1.82 bits per heavy atom. The second-order valence-electron chi connectivity index (χ2n) is 9.60. The van der Waals surface area contributed by atoms with Crippen molar-refractivity contribution in [3.63, 3.8) is 0 Å². The highest BCUT2D eigenvalue weighted by Crippen LogP contribution is 2.34. The van der Waals surface area contributed by atoms with Crippen LogP contribution in [0.25, 0.3) is 10.9 Å². The van der Waals surface area contributed by atoms with Crippen molar-refractivity contribution in [2.24, 2.45) is 0 Å². The normalized spacial score (nSPS) is 17.4. The highest BCUT2D eigenvalue weighted by atomic mass is 32.2. The predicted octanol–water partition coefficient (Wildman–Crippen LogP) is 4.28. The van der Waals surface area contributed by atoms with E-state index in [0.717, 1.165) is 40.7 Å². The van der Waals surface area contributed by atoms with Crippen LogP contribution in [0.5, 0.6) is 5.75 Å². The van der Waals surface area contributed by atoms with Gasteiger partial charge < -0.3 is 19.4 Å². The van der Waals surface area contributed by atoms with Crippen LogP contribution in [0.1, 0.15) is 18.4 Å². The van der Waals surface area contributed by atoms with Gasteiger partial charge in [0, 0.05) is 49.9 Å². The summed E-state index contributed by atoms with van der Waals surface area (Å²) in [6.45, 7) is 0.607. The summed E-state index contributed by atoms with van der Waals surface area (Å²) in [4.78, 5) is 22.8. The number of halogens is 3. The van der Waals surface area contributed by atoms with Crippen molar-refractivity contribution in [3.05, 3.63) is 72.3 Å². The molecular formula is C26H27F3N4O6S. The third kappa shape index (κ3) is 6.03. The lowest BCUT2D eigenvalue weighted by Crippen LogP contribution is -2.46. The monoisotopic (exact) mass is 580 g/mol. The molecule has 5 rings (SSSR count). The van der Waals surface area contributed by atoms with Crippen molar-refractivity contribution in [2.45, 2.75) is 36.1 Å². The average molecular weight is 581 g/mol. The molecule has 2 aromatic carbocycles. The van der Waals surface area contributed by atoms with Crippen LogP contribution >= 0.6 is 0 Å². The van der Waals surface area contributed by atoms with Crippen LogP contribution in [0.3, 0.4) is 0 Å². The first-order valence-corrected chi connectivity index (χ1v) is 13.9. The van der Waals surface area contributed by atoms with E-state index >= 15 is 0 Å². The van der Waals surface area contributed by atoms with Crippen LogP contribution in [-0.4, -0.2) is 67.3 Å². The van der Waals surface area contributed by atoms with Gasteiger partial charge in [-0.05, 0) is 55.2 Å². The Morgan fingerprint density at radius 3 is 2.52 bits per heavy atom. The molecule has 1 amide bonds. The summed E-state index contributed by atoms with van der Waals surface area (Å²) in [6.07, 6.45) is -0.719. The largest absolute Gasteiger partial charge is 0.573 e. The molecule has 3 heterocycles. The number of nitrogens with zero attached hydrogens (tertiary/aromatic N) is 2. The Hall–Kier alpha value is -3.75. The van der Waals surface area contributed by atoms with Crippen LogP contribution in [-0.2, 0) is 26.0 Å². The standard InChI is InChI=1S/C26H27F3N4O6S/c1-32(13-10-18-17-30-22-5-3-2-4-21(18)22)24(34)37-23-16-25(39-31-23)11-14-33(15-12-25)40(35,36)20-8-6-19(7-9-20)38-26(27,28)29/h2-9,16-17,30-31H,10-15H2,1H3. The number of carbonyl (C=O) groups is 1. The number of para-hydroxylation sites is 1. The average Bonchev–Trinajstić information content (AvgIpc) is 3.50. The molecule has 2 aliphatic rings. The van der Waals surface area contributed by atoms with Gasteiger partial charge in [-0.2, -0.15) is 4.31 Å². The molecule has 0 saturated carbocycles. The number of carbonyl (C=O) groups excluding carboxylic acids is 1. The van der Waals surface area contributed by atoms with Crippen LogP contribution in [0, 0.1) is 0 Å². The molecule has 1 aromatic heterocycles. The zero-order chi connectivity index (χ0) is 28.5. The number of benzene rings is 2. The zero-order valence-corrected chi connectivity index (χ0v) is 22.2. The number of sulfonamides is 1. The van der Waals surface area contributed by atoms with Crippen molar-refractivity contribution < 1.29 is 40.7 Å². The first kappa shape index (κ1) is 27.8. The molecule has 2 aliphatic heterocycles. The molecule has 0 radical (unpaired) electrons. The summed E-state index contributed by atoms with van der Waals surface area (Å²) in [6, 6.07) is 12.0. The van der Waals surface area contributed by atoms with Crippen molar-refractivity contribution in [3.8, 4) is 5.75 Å². The topological polar surface area (TPSA) is 113 Å². The molecule has 10 nitrogen and oxygen atoms in total. The van der Waals surface area contributed by atoms with Gasteiger partial charge in [-0.1, -0.05) is 18.2 Å². The number of hydroxylamine groups is 1. The van der Waals surface area contributed by atoms with Crippen molar-refractivity contribution in [1.82, 2.24) is 19.7 Å². The van der Waals surface area contributed by atoms with Gasteiger partial charge in [-0.3, -0.25) is 4.84 Å². The van der Waals surface area contributed by atoms with Gasteiger partial charge in [0.1, 0.15) is 11.4 Å². The van der Waals surface area contributed by atoms with E-state index in [-0.39, 0.29) is 36.7 Å². The number of amides is 1. The minimum atomic E-state index is -4.87. The third-order valence-electron chi connectivity index (χ3n) is 6.91. The summed E-state index contributed by atoms with van der Waals surface area (Å²) < 4.78 is 73.6. The highest BCUT2D eigenvalue weighted by Gasteiger charge is 2.43. The van der Waals surface area contributed by atoms with Crippen molar-refractivity contribution in [1.29, 1.82) is 0 Å². The van der Waals surface area contributed by atoms with Gasteiger partial charge in [0.2, 0.25) is 15.9 Å². The Morgan fingerprint density at radius 1 is 1.12 bits per heavy atom. The van der Waals surface area contributed by atoms with E-state index in [2.05, 4.69) is 15.2 Å². The summed E-state index contributed by atoms with van der Waals surface area (Å²) in [7, 11) is -2.31. The third-order valence-corrected chi connectivity index (χ3v) is 8.83. The van der Waals surface area contributed by atoms with Gasteiger partial charge in [-0.15, -0.1) is 13.2 Å². The minimum absolute atomic E-state index is 0.0903. The number of alkyl halides is 3. The number of piperidine rings is 1. The quantitative estimate of drug-likeness (QED) is 0.429. The van der Waals surface area contributed by atoms with E-state index in [9.17, 15) is 26.4 Å². The SMILES string of the molecule is CN(CCc1c[nH]c2ccccc12)C(=O)OC1=CC2(CCN(S(=O)(=O)c3ccc(OC(F)(F)F)cc3)CC2)ON1. The molecule has 0 aliphatic carbocycles. The van der Waals surface area contributed by atoms with Crippen molar-refractivity contribution in [2.75, 3.05) is 26.7 Å². The number of nitrogens with one attached hydrogen (secondary N) is 2. The maximum Gasteiger partial charge on any atom is 0.573 e. The lowest BCUT2D eigenvalue weighted by atomic mass is 9.93. The molecule has 14 heteroatoms. The number of ether oxygens (including phenoxy) is 2. The van der Waals surface area contributed by atoms with Crippen LogP contribution < -0.4 is 10.2 Å². The molecule has 1 saturated heterocycles. The van der Waals surface area contributed by atoms with E-state index in [1.54, 1.807) is 13.1 Å². The highest BCUT2D eigenvalue weighted by molar-refractivity contribution is 7.89. The Kier molecular flexibility index (Phi) is 7.42. The Labute approximate surface area is 228 Å². The summed E-state index contributed by atoms with van der Waals surface area (Å²) in [5.41, 5.74) is 3.86. The van der Waals surface area contributed by atoms with E-state index in [4.69, 9.17) is 9.57 Å². The first-order chi connectivity index (χ1) is 18.9. The van der Waals surface area contributed by atoms with E-state index in [1.807, 2.05) is 30.5 Å². The fraction of sp³-hybridized carbons (Fsp3) is 0.346. The molecule has 1 fully saturated rings. The number of rotatable bonds is 7. The van der Waals surface area contributed by atoms with Gasteiger partial charge in [0.25, 0.3) is 0 Å². The molecule has 0 bridgehead atoms. The minimum Gasteiger partial charge on any atom is -0.406 e. The molecule has 214 valence electrons. The van der Waals surface area contributed by atoms with Crippen LogP contribution in [0.2, 0.25) is 0 Å². The number of aromatic nitrogens is 1. The Bertz CT molecular complexity index is 1510. The van der Waals surface area contributed by atoms with Gasteiger partial charge >= 0.3 is 12.5 Å².